The van der Waals surface area contributed by atoms with Crippen LogP contribution >= 0.6 is 27.3 Å². The molecule has 1 heterocycles. The van der Waals surface area contributed by atoms with Crippen LogP contribution in [0.1, 0.15) is 38.0 Å². The molecule has 1 atom stereocenters. The molecule has 15 heavy (non-hydrogen) atoms. The summed E-state index contributed by atoms with van der Waals surface area (Å²) in [7, 11) is 0. The van der Waals surface area contributed by atoms with Crippen LogP contribution in [0.2, 0.25) is 0 Å². The summed E-state index contributed by atoms with van der Waals surface area (Å²) in [6.07, 6.45) is 4.60. The van der Waals surface area contributed by atoms with Crippen LogP contribution in [-0.4, -0.2) is 5.54 Å². The van der Waals surface area contributed by atoms with Crippen LogP contribution < -0.4 is 5.73 Å². The number of hydrogen-bond acceptors (Lipinski definition) is 2. The van der Waals surface area contributed by atoms with Gasteiger partial charge in [-0.2, -0.15) is 0 Å². The van der Waals surface area contributed by atoms with E-state index in [0.717, 1.165) is 19.3 Å². The molecule has 1 fully saturated rings. The topological polar surface area (TPSA) is 26.0 Å². The molecule has 84 valence electrons. The van der Waals surface area contributed by atoms with Gasteiger partial charge in [0.1, 0.15) is 0 Å². The fourth-order valence-corrected chi connectivity index (χ4v) is 4.30. The van der Waals surface area contributed by atoms with Crippen LogP contribution in [0.15, 0.2) is 15.9 Å². The van der Waals surface area contributed by atoms with E-state index in [1.54, 1.807) is 0 Å². The lowest BCUT2D eigenvalue weighted by Gasteiger charge is -2.25. The molecule has 3 heteroatoms. The molecular weight excluding hydrogens is 270 g/mol. The number of halogens is 1. The molecule has 1 aliphatic carbocycles. The molecule has 0 aliphatic heterocycles. The Hall–Kier alpha value is 0.140. The highest BCUT2D eigenvalue weighted by Gasteiger charge is 2.40. The number of rotatable bonds is 2. The van der Waals surface area contributed by atoms with E-state index < -0.39 is 0 Å². The van der Waals surface area contributed by atoms with Gasteiger partial charge in [0.2, 0.25) is 0 Å². The van der Waals surface area contributed by atoms with E-state index in [1.807, 2.05) is 11.3 Å². The Kier molecular flexibility index (Phi) is 2.99. The third kappa shape index (κ3) is 2.83. The zero-order chi connectivity index (χ0) is 11.1. The molecule has 1 aliphatic rings. The fraction of sp³-hybridized carbons (Fsp3) is 0.667. The van der Waals surface area contributed by atoms with Gasteiger partial charge in [0, 0.05) is 10.4 Å². The first-order chi connectivity index (χ1) is 6.89. The van der Waals surface area contributed by atoms with Crippen LogP contribution in [0.25, 0.3) is 0 Å². The maximum absolute atomic E-state index is 6.47. The van der Waals surface area contributed by atoms with Gasteiger partial charge in [-0.1, -0.05) is 13.8 Å². The summed E-state index contributed by atoms with van der Waals surface area (Å²) in [4.78, 5) is 1.40. The molecule has 2 N–H and O–H groups in total. The highest BCUT2D eigenvalue weighted by atomic mass is 79.9. The van der Waals surface area contributed by atoms with Gasteiger partial charge in [0.25, 0.3) is 0 Å². The average molecular weight is 288 g/mol. The van der Waals surface area contributed by atoms with E-state index in [9.17, 15) is 0 Å². The molecule has 0 amide bonds. The highest BCUT2D eigenvalue weighted by Crippen LogP contribution is 2.44. The van der Waals surface area contributed by atoms with Gasteiger partial charge in [-0.15, -0.1) is 11.3 Å². The summed E-state index contributed by atoms with van der Waals surface area (Å²) in [5.74, 6) is 0. The Bertz CT molecular complexity index is 358. The highest BCUT2D eigenvalue weighted by molar-refractivity contribution is 9.11. The van der Waals surface area contributed by atoms with Crippen molar-refractivity contribution in [3.05, 3.63) is 20.8 Å². The van der Waals surface area contributed by atoms with E-state index in [2.05, 4.69) is 41.9 Å². The zero-order valence-corrected chi connectivity index (χ0v) is 11.7. The Morgan fingerprint density at radius 1 is 1.40 bits per heavy atom. The van der Waals surface area contributed by atoms with Gasteiger partial charge in [-0.05, 0) is 59.2 Å². The number of hydrogen-bond donors (Lipinski definition) is 1. The van der Waals surface area contributed by atoms with Gasteiger partial charge in [-0.25, -0.2) is 0 Å². The predicted octanol–water partition coefficient (Wildman–Crippen LogP) is 3.96. The maximum Gasteiger partial charge on any atom is 0.0701 e. The second kappa shape index (κ2) is 3.86. The second-order valence-corrected chi connectivity index (χ2v) is 8.13. The summed E-state index contributed by atoms with van der Waals surface area (Å²) < 4.78 is 1.21. The largest absolute Gasteiger partial charge is 0.325 e. The normalized spacial score (nSPS) is 29.6. The predicted molar refractivity (Wildman–Crippen MR) is 70.3 cm³/mol. The minimum atomic E-state index is 0.0355. The van der Waals surface area contributed by atoms with E-state index in [0.29, 0.717) is 5.41 Å². The van der Waals surface area contributed by atoms with Crippen molar-refractivity contribution >= 4 is 27.3 Å². The Labute approximate surface area is 104 Å². The van der Waals surface area contributed by atoms with Crippen molar-refractivity contribution in [1.29, 1.82) is 0 Å². The standard InChI is InChI=1S/C12H18BrNS/c1-11(2)5-6-12(14,8-11)7-9-3-4-10(13)15-9/h3-4H,5-8,14H2,1-2H3. The van der Waals surface area contributed by atoms with Gasteiger partial charge >= 0.3 is 0 Å². The lowest BCUT2D eigenvalue weighted by molar-refractivity contribution is 0.335. The molecule has 1 aromatic rings. The number of nitrogens with two attached hydrogens (primary N) is 1. The van der Waals surface area contributed by atoms with Gasteiger partial charge in [0.15, 0.2) is 0 Å². The Balaban J connectivity index is 2.06. The lowest BCUT2D eigenvalue weighted by Crippen LogP contribution is -2.39. The summed E-state index contributed by atoms with van der Waals surface area (Å²) in [5.41, 5.74) is 6.94. The minimum Gasteiger partial charge on any atom is -0.325 e. The summed E-state index contributed by atoms with van der Waals surface area (Å²) in [6, 6.07) is 4.30. The SMILES string of the molecule is CC1(C)CCC(N)(Cc2ccc(Br)s2)C1. The summed E-state index contributed by atoms with van der Waals surface area (Å²) >= 11 is 5.31. The van der Waals surface area contributed by atoms with Crippen molar-refractivity contribution in [2.24, 2.45) is 11.1 Å². The Morgan fingerprint density at radius 3 is 2.60 bits per heavy atom. The van der Waals surface area contributed by atoms with Crippen LogP contribution in [0, 0.1) is 5.41 Å². The van der Waals surface area contributed by atoms with Crippen molar-refractivity contribution in [3.63, 3.8) is 0 Å². The van der Waals surface area contributed by atoms with Gasteiger partial charge in [-0.3, -0.25) is 0 Å². The molecule has 2 rings (SSSR count). The van der Waals surface area contributed by atoms with Gasteiger partial charge in [0.05, 0.1) is 3.79 Å². The van der Waals surface area contributed by atoms with Crippen molar-refractivity contribution in [1.82, 2.24) is 0 Å². The molecule has 0 bridgehead atoms. The van der Waals surface area contributed by atoms with Crippen molar-refractivity contribution in [2.45, 2.75) is 45.1 Å². The van der Waals surface area contributed by atoms with Crippen molar-refractivity contribution < 1.29 is 0 Å². The lowest BCUT2D eigenvalue weighted by atomic mass is 9.86. The zero-order valence-electron chi connectivity index (χ0n) is 9.35. The minimum absolute atomic E-state index is 0.0355. The van der Waals surface area contributed by atoms with Crippen LogP contribution in [-0.2, 0) is 6.42 Å². The van der Waals surface area contributed by atoms with Crippen molar-refractivity contribution in [2.75, 3.05) is 0 Å². The van der Waals surface area contributed by atoms with E-state index in [4.69, 9.17) is 5.73 Å². The fourth-order valence-electron chi connectivity index (χ4n) is 2.66. The van der Waals surface area contributed by atoms with E-state index in [-0.39, 0.29) is 5.54 Å². The third-order valence-electron chi connectivity index (χ3n) is 3.29. The van der Waals surface area contributed by atoms with Crippen molar-refractivity contribution in [3.8, 4) is 0 Å². The molecule has 0 saturated heterocycles. The second-order valence-electron chi connectivity index (χ2n) is 5.59. The first-order valence-corrected chi connectivity index (χ1v) is 7.03. The first kappa shape index (κ1) is 11.6. The molecule has 1 saturated carbocycles. The Morgan fingerprint density at radius 2 is 2.13 bits per heavy atom. The smallest absolute Gasteiger partial charge is 0.0701 e. The van der Waals surface area contributed by atoms with E-state index >= 15 is 0 Å². The molecular formula is C12H18BrNS. The molecule has 1 aromatic heterocycles. The summed E-state index contributed by atoms with van der Waals surface area (Å²) in [5, 5.41) is 0. The molecule has 0 spiro atoms. The molecule has 1 nitrogen and oxygen atoms in total. The van der Waals surface area contributed by atoms with Crippen LogP contribution in [0.4, 0.5) is 0 Å². The molecule has 0 radical (unpaired) electrons. The average Bonchev–Trinajstić information content (AvgIpc) is 2.57. The maximum atomic E-state index is 6.47. The molecule has 1 unspecified atom stereocenters. The first-order valence-electron chi connectivity index (χ1n) is 5.42. The van der Waals surface area contributed by atoms with Crippen LogP contribution in [0.5, 0.6) is 0 Å². The number of thiophene rings is 1. The van der Waals surface area contributed by atoms with Crippen LogP contribution in [0.3, 0.4) is 0 Å². The quantitative estimate of drug-likeness (QED) is 0.875. The monoisotopic (exact) mass is 287 g/mol. The molecule has 0 aromatic carbocycles. The van der Waals surface area contributed by atoms with E-state index in [1.165, 1.54) is 15.1 Å². The van der Waals surface area contributed by atoms with Gasteiger partial charge < -0.3 is 5.73 Å². The summed E-state index contributed by atoms with van der Waals surface area (Å²) in [6.45, 7) is 4.65. The third-order valence-corrected chi connectivity index (χ3v) is 4.91.